The van der Waals surface area contributed by atoms with Crippen LogP contribution in [0.25, 0.3) is 0 Å². The van der Waals surface area contributed by atoms with Gasteiger partial charge in [0.25, 0.3) is 0 Å². The van der Waals surface area contributed by atoms with E-state index in [2.05, 4.69) is 39.9 Å². The molecule has 0 aromatic heterocycles. The zero-order valence-corrected chi connectivity index (χ0v) is 21.5. The molecule has 2 fully saturated rings. The average molecular weight is 546 g/mol. The molecule has 0 spiro atoms. The summed E-state index contributed by atoms with van der Waals surface area (Å²) in [5.41, 5.74) is 2.80. The van der Waals surface area contributed by atoms with Gasteiger partial charge in [-0.1, -0.05) is 37.1 Å². The highest BCUT2D eigenvalue weighted by Crippen LogP contribution is 2.40. The lowest BCUT2D eigenvalue weighted by Crippen LogP contribution is -2.43. The van der Waals surface area contributed by atoms with Crippen molar-refractivity contribution < 1.29 is 14.2 Å². The second kappa shape index (κ2) is 14.3. The topological polar surface area (TPSA) is 64.1 Å². The van der Waals surface area contributed by atoms with Crippen molar-refractivity contribution in [2.75, 3.05) is 40.5 Å². The van der Waals surface area contributed by atoms with Crippen molar-refractivity contribution >= 4 is 29.9 Å². The Hall–Kier alpha value is -0.900. The average Bonchev–Trinajstić information content (AvgIpc) is 3.27. The monoisotopic (exact) mass is 545 g/mol. The molecular formula is C24H40IN3O3. The first-order chi connectivity index (χ1) is 14.7. The molecule has 6 nitrogen and oxygen atoms in total. The van der Waals surface area contributed by atoms with E-state index in [1.807, 2.05) is 7.05 Å². The van der Waals surface area contributed by atoms with Crippen LogP contribution in [-0.4, -0.2) is 52.6 Å². The van der Waals surface area contributed by atoms with E-state index < -0.39 is 0 Å². The van der Waals surface area contributed by atoms with Gasteiger partial charge in [0.05, 0.1) is 12.7 Å². The lowest BCUT2D eigenvalue weighted by molar-refractivity contribution is -0.0390. The fourth-order valence-corrected chi connectivity index (χ4v) is 4.45. The molecule has 1 aliphatic heterocycles. The van der Waals surface area contributed by atoms with Crippen molar-refractivity contribution in [3.63, 3.8) is 0 Å². The zero-order valence-electron chi connectivity index (χ0n) is 19.2. The summed E-state index contributed by atoms with van der Waals surface area (Å²) in [6.45, 7) is 4.85. The first kappa shape index (κ1) is 26.4. The first-order valence-electron chi connectivity index (χ1n) is 11.4. The fraction of sp³-hybridized carbons (Fsp3) is 0.708. The Balaban J connectivity index is 0.00000341. The van der Waals surface area contributed by atoms with Crippen LogP contribution in [0.1, 0.15) is 56.1 Å². The number of methoxy groups -OCH3 is 1. The maximum absolute atomic E-state index is 6.01. The second-order valence-corrected chi connectivity index (χ2v) is 8.67. The molecule has 1 aliphatic carbocycles. The molecule has 1 saturated heterocycles. The van der Waals surface area contributed by atoms with Gasteiger partial charge >= 0.3 is 0 Å². The van der Waals surface area contributed by atoms with Gasteiger partial charge < -0.3 is 24.8 Å². The van der Waals surface area contributed by atoms with E-state index >= 15 is 0 Å². The summed E-state index contributed by atoms with van der Waals surface area (Å²) >= 11 is 0. The third kappa shape index (κ3) is 8.86. The van der Waals surface area contributed by atoms with Crippen LogP contribution in [0.2, 0.25) is 0 Å². The summed E-state index contributed by atoms with van der Waals surface area (Å²) in [4.78, 5) is 4.41. The standard InChI is InChI=1S/C24H39N3O3.HI/c1-25-23(27-19-24(13-16-28-2)11-3-4-12-24)26-17-20-5-7-21(8-6-20)18-30-22-9-14-29-15-10-22;/h5-8,22H,3-4,9-19H2,1-2H3,(H2,25,26,27);1H. The highest BCUT2D eigenvalue weighted by Gasteiger charge is 2.33. The van der Waals surface area contributed by atoms with Crippen molar-refractivity contribution in [3.8, 4) is 0 Å². The smallest absolute Gasteiger partial charge is 0.191 e. The SMILES string of the molecule is CN=C(NCc1ccc(COC2CCOCC2)cc1)NCC1(CCOC)CCCC1.I. The summed E-state index contributed by atoms with van der Waals surface area (Å²) in [5, 5.41) is 7.00. The van der Waals surface area contributed by atoms with Gasteiger partial charge in [0, 0.05) is 47.1 Å². The van der Waals surface area contributed by atoms with Crippen LogP contribution in [0.15, 0.2) is 29.3 Å². The molecule has 0 radical (unpaired) electrons. The minimum Gasteiger partial charge on any atom is -0.385 e. The van der Waals surface area contributed by atoms with Crippen molar-refractivity contribution in [1.29, 1.82) is 0 Å². The molecular weight excluding hydrogens is 505 g/mol. The second-order valence-electron chi connectivity index (χ2n) is 8.67. The van der Waals surface area contributed by atoms with Gasteiger partial charge in [-0.2, -0.15) is 0 Å². The van der Waals surface area contributed by atoms with Crippen LogP contribution in [-0.2, 0) is 27.4 Å². The Morgan fingerprint density at radius 1 is 1.10 bits per heavy atom. The molecule has 3 rings (SSSR count). The molecule has 176 valence electrons. The van der Waals surface area contributed by atoms with E-state index in [1.54, 1.807) is 7.11 Å². The largest absolute Gasteiger partial charge is 0.385 e. The molecule has 0 unspecified atom stereocenters. The van der Waals surface area contributed by atoms with E-state index in [0.29, 0.717) is 18.1 Å². The molecule has 1 saturated carbocycles. The zero-order chi connectivity index (χ0) is 21.1. The summed E-state index contributed by atoms with van der Waals surface area (Å²) < 4.78 is 16.7. The molecule has 31 heavy (non-hydrogen) atoms. The maximum Gasteiger partial charge on any atom is 0.191 e. The Labute approximate surface area is 204 Å². The van der Waals surface area contributed by atoms with E-state index in [0.717, 1.165) is 58.1 Å². The molecule has 2 N–H and O–H groups in total. The molecule has 1 aromatic carbocycles. The van der Waals surface area contributed by atoms with E-state index in [1.165, 1.54) is 36.8 Å². The number of ether oxygens (including phenoxy) is 3. The maximum atomic E-state index is 6.01. The lowest BCUT2D eigenvalue weighted by Gasteiger charge is -2.30. The number of aliphatic imine (C=N–C) groups is 1. The molecule has 2 aliphatic rings. The number of hydrogen-bond acceptors (Lipinski definition) is 4. The third-order valence-corrected chi connectivity index (χ3v) is 6.49. The number of guanidine groups is 1. The predicted octanol–water partition coefficient (Wildman–Crippen LogP) is 4.26. The number of nitrogens with one attached hydrogen (secondary N) is 2. The van der Waals surface area contributed by atoms with Crippen LogP contribution in [0.3, 0.4) is 0 Å². The number of nitrogens with zero attached hydrogens (tertiary/aromatic N) is 1. The van der Waals surface area contributed by atoms with Crippen molar-refractivity contribution in [2.45, 2.75) is 64.2 Å². The number of benzene rings is 1. The summed E-state index contributed by atoms with van der Waals surface area (Å²) in [7, 11) is 3.63. The van der Waals surface area contributed by atoms with Crippen molar-refractivity contribution in [3.05, 3.63) is 35.4 Å². The normalized spacial score (nSPS) is 19.1. The van der Waals surface area contributed by atoms with E-state index in [-0.39, 0.29) is 24.0 Å². The highest BCUT2D eigenvalue weighted by molar-refractivity contribution is 14.0. The van der Waals surface area contributed by atoms with E-state index in [9.17, 15) is 0 Å². The third-order valence-electron chi connectivity index (χ3n) is 6.49. The van der Waals surface area contributed by atoms with Gasteiger partial charge in [0.15, 0.2) is 5.96 Å². The molecule has 7 heteroatoms. The van der Waals surface area contributed by atoms with Crippen LogP contribution < -0.4 is 10.6 Å². The molecule has 0 bridgehead atoms. The summed E-state index contributed by atoms with van der Waals surface area (Å²) in [6, 6.07) is 8.65. The van der Waals surface area contributed by atoms with Gasteiger partial charge in [-0.15, -0.1) is 24.0 Å². The highest BCUT2D eigenvalue weighted by atomic mass is 127. The summed E-state index contributed by atoms with van der Waals surface area (Å²) in [5.74, 6) is 0.866. The number of rotatable bonds is 10. The predicted molar refractivity (Wildman–Crippen MR) is 136 cm³/mol. The van der Waals surface area contributed by atoms with Gasteiger partial charge in [-0.3, -0.25) is 4.99 Å². The molecule has 1 heterocycles. The molecule has 0 amide bonds. The Morgan fingerprint density at radius 3 is 2.42 bits per heavy atom. The Bertz CT molecular complexity index is 642. The number of halogens is 1. The van der Waals surface area contributed by atoms with Gasteiger partial charge in [0.2, 0.25) is 0 Å². The van der Waals surface area contributed by atoms with Gasteiger partial charge in [0.1, 0.15) is 0 Å². The summed E-state index contributed by atoms with van der Waals surface area (Å²) in [6.07, 6.45) is 8.65. The molecule has 0 atom stereocenters. The van der Waals surface area contributed by atoms with Crippen LogP contribution in [0, 0.1) is 5.41 Å². The van der Waals surface area contributed by atoms with Crippen LogP contribution >= 0.6 is 24.0 Å². The lowest BCUT2D eigenvalue weighted by atomic mass is 9.83. The minimum absolute atomic E-state index is 0. The van der Waals surface area contributed by atoms with Gasteiger partial charge in [-0.05, 0) is 48.6 Å². The quantitative estimate of drug-likeness (QED) is 0.262. The first-order valence-corrected chi connectivity index (χ1v) is 11.4. The van der Waals surface area contributed by atoms with Crippen molar-refractivity contribution in [1.82, 2.24) is 10.6 Å². The number of hydrogen-bond donors (Lipinski definition) is 2. The minimum atomic E-state index is 0. The Kier molecular flexibility index (Phi) is 12.1. The fourth-order valence-electron chi connectivity index (χ4n) is 4.45. The van der Waals surface area contributed by atoms with E-state index in [4.69, 9.17) is 14.2 Å². The van der Waals surface area contributed by atoms with Crippen molar-refractivity contribution in [2.24, 2.45) is 10.4 Å². The van der Waals surface area contributed by atoms with Crippen LogP contribution in [0.5, 0.6) is 0 Å². The molecule has 1 aromatic rings. The Morgan fingerprint density at radius 2 is 1.77 bits per heavy atom. The van der Waals surface area contributed by atoms with Gasteiger partial charge in [-0.25, -0.2) is 0 Å². The van der Waals surface area contributed by atoms with Crippen LogP contribution in [0.4, 0.5) is 0 Å².